The van der Waals surface area contributed by atoms with Crippen molar-refractivity contribution in [3.05, 3.63) is 65.7 Å². The van der Waals surface area contributed by atoms with Gasteiger partial charge in [-0.15, -0.1) is 0 Å². The monoisotopic (exact) mass is 408 g/mol. The summed E-state index contributed by atoms with van der Waals surface area (Å²) in [5.41, 5.74) is 0.297. The fourth-order valence-electron chi connectivity index (χ4n) is 3.60. The molecule has 0 unspecified atom stereocenters. The predicted molar refractivity (Wildman–Crippen MR) is 112 cm³/mol. The standard InChI is InChI=1S/C22H24N4O4/c1-3-12-22(16-9-5-4-6-10-16)20(29)26(21(30)25-22)14-18(27)24-17-11-7-8-15(13-17)19(28)23-2/h4-11,13H,3,12,14H2,1-2H3,(H,23,28)(H,24,27)(H,25,30)/t22-/m1/s1. The first-order valence-corrected chi connectivity index (χ1v) is 9.73. The van der Waals surface area contributed by atoms with Crippen molar-refractivity contribution in [2.24, 2.45) is 0 Å². The van der Waals surface area contributed by atoms with Crippen LogP contribution < -0.4 is 16.0 Å². The topological polar surface area (TPSA) is 108 Å². The fraction of sp³-hybridized carbons (Fsp3) is 0.273. The minimum absolute atomic E-state index is 0.285. The molecule has 2 aromatic rings. The molecular weight excluding hydrogens is 384 g/mol. The largest absolute Gasteiger partial charge is 0.355 e. The van der Waals surface area contributed by atoms with Crippen LogP contribution in [0, 0.1) is 0 Å². The Morgan fingerprint density at radius 2 is 1.80 bits per heavy atom. The molecule has 2 aromatic carbocycles. The summed E-state index contributed by atoms with van der Waals surface area (Å²) in [6, 6.07) is 14.8. The van der Waals surface area contributed by atoms with Gasteiger partial charge in [-0.2, -0.15) is 0 Å². The predicted octanol–water partition coefficient (Wildman–Crippen LogP) is 2.23. The quantitative estimate of drug-likeness (QED) is 0.611. The van der Waals surface area contributed by atoms with E-state index in [4.69, 9.17) is 0 Å². The zero-order chi connectivity index (χ0) is 21.7. The molecule has 0 aliphatic carbocycles. The molecule has 1 atom stereocenters. The van der Waals surface area contributed by atoms with Gasteiger partial charge in [-0.1, -0.05) is 49.7 Å². The SMILES string of the molecule is CCC[C@]1(c2ccccc2)NC(=O)N(CC(=O)Nc2cccc(C(=O)NC)c2)C1=O. The normalized spacial score (nSPS) is 18.1. The van der Waals surface area contributed by atoms with Gasteiger partial charge < -0.3 is 16.0 Å². The number of hydrogen-bond donors (Lipinski definition) is 3. The highest BCUT2D eigenvalue weighted by Gasteiger charge is 2.52. The molecule has 0 radical (unpaired) electrons. The summed E-state index contributed by atoms with van der Waals surface area (Å²) < 4.78 is 0. The number of benzene rings is 2. The van der Waals surface area contributed by atoms with E-state index in [1.54, 1.807) is 42.5 Å². The maximum absolute atomic E-state index is 13.2. The van der Waals surface area contributed by atoms with Gasteiger partial charge in [-0.05, 0) is 30.2 Å². The Bertz CT molecular complexity index is 976. The van der Waals surface area contributed by atoms with Crippen molar-refractivity contribution < 1.29 is 19.2 Å². The van der Waals surface area contributed by atoms with Crippen LogP contribution in [0.1, 0.15) is 35.7 Å². The highest BCUT2D eigenvalue weighted by molar-refractivity contribution is 6.10. The minimum atomic E-state index is -1.17. The third-order valence-corrected chi connectivity index (χ3v) is 5.00. The number of anilines is 1. The molecule has 1 heterocycles. The fourth-order valence-corrected chi connectivity index (χ4v) is 3.60. The highest BCUT2D eigenvalue weighted by Crippen LogP contribution is 2.33. The van der Waals surface area contributed by atoms with Crippen LogP contribution in [0.4, 0.5) is 10.5 Å². The minimum Gasteiger partial charge on any atom is -0.355 e. The van der Waals surface area contributed by atoms with E-state index in [0.29, 0.717) is 29.7 Å². The van der Waals surface area contributed by atoms with Gasteiger partial charge in [0.2, 0.25) is 5.91 Å². The molecule has 0 aromatic heterocycles. The molecule has 5 amide bonds. The third kappa shape index (κ3) is 4.03. The number of carbonyl (C=O) groups is 4. The summed E-state index contributed by atoms with van der Waals surface area (Å²) in [6.45, 7) is 1.51. The van der Waals surface area contributed by atoms with Gasteiger partial charge in [-0.25, -0.2) is 4.79 Å². The van der Waals surface area contributed by atoms with Gasteiger partial charge in [0.05, 0.1) is 0 Å². The number of imide groups is 1. The molecule has 1 saturated heterocycles. The van der Waals surface area contributed by atoms with E-state index in [0.717, 1.165) is 4.90 Å². The van der Waals surface area contributed by atoms with E-state index < -0.39 is 29.9 Å². The van der Waals surface area contributed by atoms with Crippen LogP contribution in [0.25, 0.3) is 0 Å². The average molecular weight is 408 g/mol. The van der Waals surface area contributed by atoms with Crippen molar-refractivity contribution in [3.8, 4) is 0 Å². The van der Waals surface area contributed by atoms with E-state index in [1.165, 1.54) is 13.1 Å². The van der Waals surface area contributed by atoms with E-state index in [2.05, 4.69) is 16.0 Å². The number of amides is 5. The van der Waals surface area contributed by atoms with Gasteiger partial charge in [0.1, 0.15) is 12.1 Å². The van der Waals surface area contributed by atoms with Gasteiger partial charge in [-0.3, -0.25) is 19.3 Å². The first-order valence-electron chi connectivity index (χ1n) is 9.73. The van der Waals surface area contributed by atoms with E-state index in [-0.39, 0.29) is 5.91 Å². The molecule has 3 rings (SSSR count). The molecule has 8 nitrogen and oxygen atoms in total. The summed E-state index contributed by atoms with van der Waals surface area (Å²) in [4.78, 5) is 51.0. The second-order valence-corrected chi connectivity index (χ2v) is 7.05. The number of nitrogens with one attached hydrogen (secondary N) is 3. The third-order valence-electron chi connectivity index (χ3n) is 5.00. The van der Waals surface area contributed by atoms with E-state index >= 15 is 0 Å². The maximum atomic E-state index is 13.2. The molecule has 1 aliphatic rings. The van der Waals surface area contributed by atoms with Crippen molar-refractivity contribution in [1.82, 2.24) is 15.5 Å². The molecule has 0 saturated carbocycles. The summed E-state index contributed by atoms with van der Waals surface area (Å²) in [6.07, 6.45) is 1.10. The summed E-state index contributed by atoms with van der Waals surface area (Å²) in [7, 11) is 1.51. The number of urea groups is 1. The second kappa shape index (κ2) is 8.77. The van der Waals surface area contributed by atoms with Gasteiger partial charge in [0, 0.05) is 18.3 Å². The highest BCUT2D eigenvalue weighted by atomic mass is 16.2. The number of rotatable bonds is 7. The Morgan fingerprint density at radius 3 is 2.47 bits per heavy atom. The molecule has 0 spiro atoms. The van der Waals surface area contributed by atoms with E-state index in [1.807, 2.05) is 13.0 Å². The molecule has 30 heavy (non-hydrogen) atoms. The Morgan fingerprint density at radius 1 is 1.07 bits per heavy atom. The lowest BCUT2D eigenvalue weighted by molar-refractivity contribution is -0.134. The van der Waals surface area contributed by atoms with Gasteiger partial charge in [0.15, 0.2) is 0 Å². The lowest BCUT2D eigenvalue weighted by Crippen LogP contribution is -2.44. The van der Waals surface area contributed by atoms with Crippen molar-refractivity contribution in [1.29, 1.82) is 0 Å². The van der Waals surface area contributed by atoms with Crippen LogP contribution in [0.15, 0.2) is 54.6 Å². The molecule has 156 valence electrons. The maximum Gasteiger partial charge on any atom is 0.325 e. The number of hydrogen-bond acceptors (Lipinski definition) is 4. The molecule has 3 N–H and O–H groups in total. The Labute approximate surface area is 174 Å². The smallest absolute Gasteiger partial charge is 0.325 e. The van der Waals surface area contributed by atoms with Crippen molar-refractivity contribution in [3.63, 3.8) is 0 Å². The van der Waals surface area contributed by atoms with Crippen LogP contribution in [-0.2, 0) is 15.1 Å². The van der Waals surface area contributed by atoms with Gasteiger partial charge in [0.25, 0.3) is 11.8 Å². The lowest BCUT2D eigenvalue weighted by Gasteiger charge is -2.26. The molecule has 1 fully saturated rings. The van der Waals surface area contributed by atoms with Crippen molar-refractivity contribution >= 4 is 29.4 Å². The summed E-state index contributed by atoms with van der Waals surface area (Å²) in [5.74, 6) is -1.27. The zero-order valence-electron chi connectivity index (χ0n) is 16.9. The van der Waals surface area contributed by atoms with Crippen molar-refractivity contribution in [2.45, 2.75) is 25.3 Å². The first-order chi connectivity index (χ1) is 14.4. The first kappa shape index (κ1) is 21.0. The second-order valence-electron chi connectivity index (χ2n) is 7.05. The van der Waals surface area contributed by atoms with Crippen LogP contribution in [-0.4, -0.2) is 42.2 Å². The van der Waals surface area contributed by atoms with Crippen LogP contribution in [0.2, 0.25) is 0 Å². The lowest BCUT2D eigenvalue weighted by atomic mass is 9.85. The summed E-state index contributed by atoms with van der Waals surface area (Å²) >= 11 is 0. The number of carbonyl (C=O) groups excluding carboxylic acids is 4. The Kier molecular flexibility index (Phi) is 6.15. The van der Waals surface area contributed by atoms with Crippen LogP contribution >= 0.6 is 0 Å². The van der Waals surface area contributed by atoms with E-state index in [9.17, 15) is 19.2 Å². The van der Waals surface area contributed by atoms with Gasteiger partial charge >= 0.3 is 6.03 Å². The Hall–Kier alpha value is -3.68. The molecule has 0 bridgehead atoms. The molecule has 8 heteroatoms. The molecular formula is C22H24N4O4. The Balaban J connectivity index is 1.77. The number of nitrogens with zero attached hydrogens (tertiary/aromatic N) is 1. The average Bonchev–Trinajstić information content (AvgIpc) is 2.99. The molecule has 1 aliphatic heterocycles. The van der Waals surface area contributed by atoms with Crippen LogP contribution in [0.5, 0.6) is 0 Å². The zero-order valence-corrected chi connectivity index (χ0v) is 16.9. The van der Waals surface area contributed by atoms with Crippen molar-refractivity contribution in [2.75, 3.05) is 18.9 Å². The summed E-state index contributed by atoms with van der Waals surface area (Å²) in [5, 5.41) is 7.94. The van der Waals surface area contributed by atoms with Crippen LogP contribution in [0.3, 0.4) is 0 Å².